The summed E-state index contributed by atoms with van der Waals surface area (Å²) in [7, 11) is 0. The standard InChI is InChI=1S/C28H38N6O6S/c1-2-3-4-5-6-7-8-9-10-11-12-13-14-15-16-40-28(35)21-17-22(33(36)37)25(23(18-21)34(38)39)41-27-24-26(30-19-29-24)31-20-32-27/h17-20H,2-16H2,1H3,(H,29,30,31,32). The zero-order valence-electron chi connectivity index (χ0n) is 23.5. The van der Waals surface area contributed by atoms with Gasteiger partial charge in [-0.05, 0) is 6.42 Å². The highest BCUT2D eigenvalue weighted by molar-refractivity contribution is 7.99. The number of hydrogen-bond donors (Lipinski definition) is 1. The van der Waals surface area contributed by atoms with Gasteiger partial charge in [-0.25, -0.2) is 19.7 Å². The van der Waals surface area contributed by atoms with Gasteiger partial charge in [0.2, 0.25) is 0 Å². The monoisotopic (exact) mass is 586 g/mol. The molecule has 1 aromatic carbocycles. The van der Waals surface area contributed by atoms with Crippen molar-refractivity contribution in [3.8, 4) is 0 Å². The van der Waals surface area contributed by atoms with Gasteiger partial charge in [-0.2, -0.15) is 0 Å². The summed E-state index contributed by atoms with van der Waals surface area (Å²) in [5.74, 6) is -0.833. The third-order valence-electron chi connectivity index (χ3n) is 6.80. The molecule has 222 valence electrons. The van der Waals surface area contributed by atoms with Crippen LogP contribution in [0.1, 0.15) is 107 Å². The van der Waals surface area contributed by atoms with E-state index in [-0.39, 0.29) is 22.1 Å². The van der Waals surface area contributed by atoms with Crippen molar-refractivity contribution in [1.82, 2.24) is 19.9 Å². The maximum Gasteiger partial charge on any atom is 0.338 e. The summed E-state index contributed by atoms with van der Waals surface area (Å²) in [6, 6.07) is 2.02. The number of hydrogen-bond acceptors (Lipinski definition) is 10. The van der Waals surface area contributed by atoms with Gasteiger partial charge in [0.05, 0.1) is 28.3 Å². The predicted molar refractivity (Wildman–Crippen MR) is 156 cm³/mol. The molecule has 0 aliphatic carbocycles. The lowest BCUT2D eigenvalue weighted by Gasteiger charge is -2.08. The quantitative estimate of drug-likeness (QED) is 0.0451. The Balaban J connectivity index is 1.45. The van der Waals surface area contributed by atoms with Crippen LogP contribution in [0.4, 0.5) is 11.4 Å². The second kappa shape index (κ2) is 17.3. The molecule has 0 saturated carbocycles. The molecule has 2 aromatic heterocycles. The number of aromatic amines is 1. The van der Waals surface area contributed by atoms with E-state index in [2.05, 4.69) is 26.9 Å². The summed E-state index contributed by atoms with van der Waals surface area (Å²) in [6.45, 7) is 2.38. The van der Waals surface area contributed by atoms with E-state index < -0.39 is 27.2 Å². The van der Waals surface area contributed by atoms with Crippen LogP contribution in [0.2, 0.25) is 0 Å². The van der Waals surface area contributed by atoms with Crippen molar-refractivity contribution in [2.75, 3.05) is 6.61 Å². The Morgan fingerprint density at radius 3 is 1.90 bits per heavy atom. The minimum absolute atomic E-state index is 0.147. The number of carbonyl (C=O) groups excluding carboxylic acids is 1. The molecule has 0 saturated heterocycles. The van der Waals surface area contributed by atoms with Crippen LogP contribution < -0.4 is 0 Å². The van der Waals surface area contributed by atoms with E-state index in [0.29, 0.717) is 17.6 Å². The number of benzene rings is 1. The Bertz CT molecular complexity index is 1270. The average molecular weight is 587 g/mol. The zero-order valence-corrected chi connectivity index (χ0v) is 24.3. The summed E-state index contributed by atoms with van der Waals surface area (Å²) in [5.41, 5.74) is -0.709. The van der Waals surface area contributed by atoms with Crippen LogP contribution in [0.5, 0.6) is 0 Å². The van der Waals surface area contributed by atoms with Crippen molar-refractivity contribution in [2.24, 2.45) is 0 Å². The molecule has 0 aliphatic heterocycles. The lowest BCUT2D eigenvalue weighted by molar-refractivity contribution is -0.399. The maximum atomic E-state index is 12.6. The molecule has 0 amide bonds. The molecule has 0 radical (unpaired) electrons. The molecule has 13 heteroatoms. The number of H-pyrrole nitrogens is 1. The van der Waals surface area contributed by atoms with Crippen molar-refractivity contribution in [3.63, 3.8) is 0 Å². The topological polar surface area (TPSA) is 167 Å². The molecule has 0 fully saturated rings. The van der Waals surface area contributed by atoms with Gasteiger partial charge in [-0.15, -0.1) is 0 Å². The predicted octanol–water partition coefficient (Wildman–Crippen LogP) is 7.96. The Morgan fingerprint density at radius 1 is 0.829 bits per heavy atom. The number of imidazole rings is 1. The van der Waals surface area contributed by atoms with Crippen molar-refractivity contribution in [3.05, 3.63) is 50.6 Å². The van der Waals surface area contributed by atoms with Crippen molar-refractivity contribution >= 4 is 40.3 Å². The number of nitro benzene ring substituents is 2. The third-order valence-corrected chi connectivity index (χ3v) is 7.92. The summed E-state index contributed by atoms with van der Waals surface area (Å²) in [4.78, 5) is 49.4. The molecule has 3 rings (SSSR count). The molecular weight excluding hydrogens is 548 g/mol. The van der Waals surface area contributed by atoms with Gasteiger partial charge < -0.3 is 9.72 Å². The van der Waals surface area contributed by atoms with E-state index in [1.807, 2.05) is 0 Å². The van der Waals surface area contributed by atoms with E-state index in [4.69, 9.17) is 4.74 Å². The fourth-order valence-electron chi connectivity index (χ4n) is 4.55. The summed E-state index contributed by atoms with van der Waals surface area (Å²) >= 11 is 0.734. The van der Waals surface area contributed by atoms with Crippen LogP contribution in [-0.4, -0.2) is 42.4 Å². The van der Waals surface area contributed by atoms with Crippen LogP contribution in [-0.2, 0) is 4.74 Å². The van der Waals surface area contributed by atoms with Crippen LogP contribution in [0.15, 0.2) is 34.7 Å². The van der Waals surface area contributed by atoms with Gasteiger partial charge in [0.1, 0.15) is 16.9 Å². The second-order valence-corrected chi connectivity index (χ2v) is 11.0. The van der Waals surface area contributed by atoms with Gasteiger partial charge in [-0.1, -0.05) is 102 Å². The summed E-state index contributed by atoms with van der Waals surface area (Å²) in [5, 5.41) is 23.9. The highest BCUT2D eigenvalue weighted by Crippen LogP contribution is 2.43. The van der Waals surface area contributed by atoms with Crippen molar-refractivity contribution in [2.45, 2.75) is 107 Å². The fraction of sp³-hybridized carbons (Fsp3) is 0.571. The van der Waals surface area contributed by atoms with Gasteiger partial charge in [0.25, 0.3) is 11.4 Å². The highest BCUT2D eigenvalue weighted by atomic mass is 32.2. The fourth-order valence-corrected chi connectivity index (χ4v) is 5.58. The van der Waals surface area contributed by atoms with E-state index in [1.165, 1.54) is 76.9 Å². The molecule has 41 heavy (non-hydrogen) atoms. The van der Waals surface area contributed by atoms with Crippen LogP contribution >= 0.6 is 11.8 Å². The van der Waals surface area contributed by atoms with Crippen LogP contribution in [0.3, 0.4) is 0 Å². The number of nitro groups is 2. The molecule has 12 nitrogen and oxygen atoms in total. The molecular formula is C28H38N6O6S. The first-order valence-electron chi connectivity index (χ1n) is 14.4. The second-order valence-electron chi connectivity index (χ2n) is 9.97. The zero-order chi connectivity index (χ0) is 29.5. The first kappa shape index (κ1) is 31.9. The largest absolute Gasteiger partial charge is 0.462 e. The molecule has 0 aliphatic rings. The van der Waals surface area contributed by atoms with Gasteiger partial charge >= 0.3 is 5.97 Å². The number of rotatable bonds is 20. The van der Waals surface area contributed by atoms with E-state index in [0.717, 1.165) is 43.2 Å². The normalized spacial score (nSPS) is 11.1. The van der Waals surface area contributed by atoms with Crippen LogP contribution in [0.25, 0.3) is 11.2 Å². The van der Waals surface area contributed by atoms with Crippen LogP contribution in [0, 0.1) is 20.2 Å². The summed E-state index contributed by atoms with van der Waals surface area (Å²) in [6.07, 6.45) is 19.4. The van der Waals surface area contributed by atoms with Gasteiger partial charge in [0.15, 0.2) is 10.5 Å². The van der Waals surface area contributed by atoms with E-state index in [1.54, 1.807) is 0 Å². The number of ether oxygens (including phenoxy) is 1. The maximum absolute atomic E-state index is 12.6. The average Bonchev–Trinajstić information content (AvgIpc) is 3.45. The number of esters is 1. The SMILES string of the molecule is CCCCCCCCCCCCCCCCOC(=O)c1cc([N+](=O)[O-])c(Sc2ncnc3nc[nH]c23)c([N+](=O)[O-])c1. The minimum atomic E-state index is -0.833. The molecule has 0 bridgehead atoms. The highest BCUT2D eigenvalue weighted by Gasteiger charge is 2.31. The smallest absolute Gasteiger partial charge is 0.338 e. The molecule has 1 N–H and O–H groups in total. The lowest BCUT2D eigenvalue weighted by atomic mass is 10.0. The Hall–Kier alpha value is -3.61. The summed E-state index contributed by atoms with van der Waals surface area (Å²) < 4.78 is 5.29. The van der Waals surface area contributed by atoms with Gasteiger partial charge in [0, 0.05) is 12.1 Å². The minimum Gasteiger partial charge on any atom is -0.462 e. The lowest BCUT2D eigenvalue weighted by Crippen LogP contribution is -2.09. The molecule has 2 heterocycles. The van der Waals surface area contributed by atoms with E-state index in [9.17, 15) is 25.0 Å². The number of aromatic nitrogens is 4. The molecule has 0 atom stereocenters. The first-order valence-corrected chi connectivity index (χ1v) is 15.2. The molecule has 0 spiro atoms. The first-order chi connectivity index (χ1) is 19.9. The number of carbonyl (C=O) groups is 1. The number of nitrogens with one attached hydrogen (secondary N) is 1. The Kier molecular flexibility index (Phi) is 13.4. The number of fused-ring (bicyclic) bond motifs is 1. The molecule has 3 aromatic rings. The third kappa shape index (κ3) is 10.1. The van der Waals surface area contributed by atoms with Gasteiger partial charge in [-0.3, -0.25) is 20.2 Å². The molecule has 0 unspecified atom stereocenters. The number of nitrogens with zero attached hydrogens (tertiary/aromatic N) is 5. The number of unbranched alkanes of at least 4 members (excludes halogenated alkanes) is 13. The Morgan fingerprint density at radius 2 is 1.37 bits per heavy atom. The van der Waals surface area contributed by atoms with E-state index >= 15 is 0 Å². The van der Waals surface area contributed by atoms with Crippen molar-refractivity contribution < 1.29 is 19.4 Å². The van der Waals surface area contributed by atoms with Crippen molar-refractivity contribution in [1.29, 1.82) is 0 Å². The Labute approximate surface area is 243 Å².